The SMILES string of the molecule is Cc1ccc([SiH2]OC(=O)CCO)c(C)c1C. The highest BCUT2D eigenvalue weighted by atomic mass is 28.2. The van der Waals surface area contributed by atoms with Gasteiger partial charge in [0.2, 0.25) is 0 Å². The third-order valence-corrected chi connectivity index (χ3v) is 4.42. The van der Waals surface area contributed by atoms with Gasteiger partial charge in [0.1, 0.15) is 0 Å². The normalized spacial score (nSPS) is 11.0. The molecule has 0 fully saturated rings. The second-order valence-electron chi connectivity index (χ2n) is 3.93. The highest BCUT2D eigenvalue weighted by Gasteiger charge is 2.07. The van der Waals surface area contributed by atoms with Crippen molar-refractivity contribution in [1.82, 2.24) is 0 Å². The molecular formula is C12H18O3Si. The molecule has 0 heterocycles. The number of aliphatic hydroxyl groups excluding tert-OH is 1. The third-order valence-electron chi connectivity index (χ3n) is 2.87. The molecule has 0 spiro atoms. The van der Waals surface area contributed by atoms with E-state index in [9.17, 15) is 4.79 Å². The zero-order valence-corrected chi connectivity index (χ0v) is 11.5. The summed E-state index contributed by atoms with van der Waals surface area (Å²) < 4.78 is 5.18. The van der Waals surface area contributed by atoms with E-state index < -0.39 is 9.76 Å². The van der Waals surface area contributed by atoms with Crippen LogP contribution in [0.5, 0.6) is 0 Å². The van der Waals surface area contributed by atoms with Crippen LogP contribution >= 0.6 is 0 Å². The van der Waals surface area contributed by atoms with Crippen molar-refractivity contribution in [2.24, 2.45) is 0 Å². The number of hydrogen-bond donors (Lipinski definition) is 1. The van der Waals surface area contributed by atoms with Gasteiger partial charge in [0, 0.05) is 0 Å². The lowest BCUT2D eigenvalue weighted by Gasteiger charge is -2.11. The number of aryl methyl sites for hydroxylation is 1. The maximum Gasteiger partial charge on any atom is 0.294 e. The van der Waals surface area contributed by atoms with Gasteiger partial charge in [0.05, 0.1) is 13.0 Å². The van der Waals surface area contributed by atoms with E-state index in [1.54, 1.807) is 0 Å². The summed E-state index contributed by atoms with van der Waals surface area (Å²) >= 11 is 0. The van der Waals surface area contributed by atoms with Gasteiger partial charge in [0.15, 0.2) is 0 Å². The molecule has 16 heavy (non-hydrogen) atoms. The highest BCUT2D eigenvalue weighted by Crippen LogP contribution is 2.09. The van der Waals surface area contributed by atoms with Gasteiger partial charge in [-0.1, -0.05) is 12.1 Å². The molecule has 1 N–H and O–H groups in total. The standard InChI is InChI=1S/C12H18O3Si/c1-8-4-5-11(10(3)9(8)2)16-15-12(14)6-7-13/h4-5,13H,6-7,16H2,1-3H3. The summed E-state index contributed by atoms with van der Waals surface area (Å²) in [5.41, 5.74) is 3.75. The average Bonchev–Trinajstić information content (AvgIpc) is 2.25. The summed E-state index contributed by atoms with van der Waals surface area (Å²) in [6.45, 7) is 6.08. The Hall–Kier alpha value is -1.13. The summed E-state index contributed by atoms with van der Waals surface area (Å²) in [4.78, 5) is 11.1. The molecule has 0 aliphatic rings. The number of hydrogen-bond acceptors (Lipinski definition) is 3. The highest BCUT2D eigenvalue weighted by molar-refractivity contribution is 6.49. The summed E-state index contributed by atoms with van der Waals surface area (Å²) in [5, 5.41) is 9.75. The van der Waals surface area contributed by atoms with Crippen LogP contribution in [0, 0.1) is 20.8 Å². The summed E-state index contributed by atoms with van der Waals surface area (Å²) in [6, 6.07) is 4.10. The topological polar surface area (TPSA) is 46.5 Å². The quantitative estimate of drug-likeness (QED) is 0.765. The first-order chi connectivity index (χ1) is 7.56. The predicted octanol–water partition coefficient (Wildman–Crippen LogP) is 0.247. The minimum atomic E-state index is -1.01. The van der Waals surface area contributed by atoms with Crippen molar-refractivity contribution in [2.75, 3.05) is 6.61 Å². The Bertz CT molecular complexity index is 388. The smallest absolute Gasteiger partial charge is 0.294 e. The van der Waals surface area contributed by atoms with Crippen molar-refractivity contribution in [2.45, 2.75) is 27.2 Å². The molecule has 3 nitrogen and oxygen atoms in total. The minimum absolute atomic E-state index is 0.0941. The zero-order valence-electron chi connectivity index (χ0n) is 10.0. The second-order valence-corrected chi connectivity index (χ2v) is 5.27. The van der Waals surface area contributed by atoms with E-state index >= 15 is 0 Å². The Kier molecular flexibility index (Phi) is 4.70. The fourth-order valence-electron chi connectivity index (χ4n) is 1.49. The van der Waals surface area contributed by atoms with Gasteiger partial charge in [-0.3, -0.25) is 4.79 Å². The Labute approximate surface area is 98.4 Å². The summed E-state index contributed by atoms with van der Waals surface area (Å²) in [5.74, 6) is -0.299. The van der Waals surface area contributed by atoms with Gasteiger partial charge in [-0.25, -0.2) is 0 Å². The first-order valence-corrected chi connectivity index (χ1v) is 6.67. The maximum absolute atomic E-state index is 11.1. The van der Waals surface area contributed by atoms with Crippen LogP contribution in [-0.4, -0.2) is 27.4 Å². The molecule has 1 aromatic carbocycles. The van der Waals surface area contributed by atoms with Crippen molar-refractivity contribution < 1.29 is 14.3 Å². The Morgan fingerprint density at radius 1 is 1.31 bits per heavy atom. The molecule has 4 heteroatoms. The van der Waals surface area contributed by atoms with Crippen molar-refractivity contribution in [3.05, 3.63) is 28.8 Å². The number of rotatable bonds is 4. The van der Waals surface area contributed by atoms with Crippen molar-refractivity contribution in [3.8, 4) is 0 Å². The average molecular weight is 238 g/mol. The fraction of sp³-hybridized carbons (Fsp3) is 0.417. The van der Waals surface area contributed by atoms with E-state index in [1.807, 2.05) is 6.07 Å². The molecule has 0 saturated heterocycles. The van der Waals surface area contributed by atoms with E-state index in [1.165, 1.54) is 16.7 Å². The van der Waals surface area contributed by atoms with Gasteiger partial charge in [-0.15, -0.1) is 0 Å². The predicted molar refractivity (Wildman–Crippen MR) is 66.6 cm³/mol. The van der Waals surface area contributed by atoms with Crippen LogP contribution in [0.2, 0.25) is 0 Å². The molecule has 0 saturated carbocycles. The third kappa shape index (κ3) is 3.18. The lowest BCUT2D eigenvalue weighted by Crippen LogP contribution is -2.24. The fourth-order valence-corrected chi connectivity index (χ4v) is 2.65. The molecule has 1 aromatic rings. The molecule has 0 aromatic heterocycles. The zero-order chi connectivity index (χ0) is 12.1. The molecule has 88 valence electrons. The molecule has 0 radical (unpaired) electrons. The summed E-state index contributed by atoms with van der Waals surface area (Å²) in [7, 11) is -1.01. The van der Waals surface area contributed by atoms with Gasteiger partial charge in [0.25, 0.3) is 15.7 Å². The number of aliphatic hydroxyl groups is 1. The molecular weight excluding hydrogens is 220 g/mol. The monoisotopic (exact) mass is 238 g/mol. The van der Waals surface area contributed by atoms with Gasteiger partial charge in [-0.2, -0.15) is 0 Å². The molecule has 0 aliphatic heterocycles. The summed E-state index contributed by atoms with van der Waals surface area (Å²) in [6.07, 6.45) is 0.0941. The van der Waals surface area contributed by atoms with E-state index in [0.717, 1.165) is 5.19 Å². The Morgan fingerprint density at radius 2 is 2.00 bits per heavy atom. The van der Waals surface area contributed by atoms with E-state index in [-0.39, 0.29) is 19.0 Å². The van der Waals surface area contributed by atoms with Crippen molar-refractivity contribution >= 4 is 20.9 Å². The maximum atomic E-state index is 11.1. The lowest BCUT2D eigenvalue weighted by molar-refractivity contribution is -0.134. The van der Waals surface area contributed by atoms with Crippen LogP contribution in [0.1, 0.15) is 23.1 Å². The van der Waals surface area contributed by atoms with Crippen LogP contribution in [0.4, 0.5) is 0 Å². The second kappa shape index (κ2) is 5.82. The Balaban J connectivity index is 2.68. The van der Waals surface area contributed by atoms with E-state index in [4.69, 9.17) is 9.53 Å². The molecule has 0 bridgehead atoms. The van der Waals surface area contributed by atoms with Crippen LogP contribution in [-0.2, 0) is 9.22 Å². The van der Waals surface area contributed by atoms with E-state index in [2.05, 4.69) is 26.8 Å². The molecule has 1 rings (SSSR count). The largest absolute Gasteiger partial charge is 0.520 e. The lowest BCUT2D eigenvalue weighted by atomic mass is 10.1. The van der Waals surface area contributed by atoms with Crippen molar-refractivity contribution in [1.29, 1.82) is 0 Å². The van der Waals surface area contributed by atoms with Crippen LogP contribution in [0.25, 0.3) is 0 Å². The molecule has 0 atom stereocenters. The van der Waals surface area contributed by atoms with Gasteiger partial charge < -0.3 is 9.53 Å². The first-order valence-electron chi connectivity index (χ1n) is 5.38. The van der Waals surface area contributed by atoms with Crippen LogP contribution in [0.3, 0.4) is 0 Å². The van der Waals surface area contributed by atoms with Crippen LogP contribution < -0.4 is 5.19 Å². The van der Waals surface area contributed by atoms with Crippen molar-refractivity contribution in [3.63, 3.8) is 0 Å². The Morgan fingerprint density at radius 3 is 2.62 bits per heavy atom. The minimum Gasteiger partial charge on any atom is -0.520 e. The number of carbonyl (C=O) groups excluding carboxylic acids is 1. The van der Waals surface area contributed by atoms with Crippen LogP contribution in [0.15, 0.2) is 12.1 Å². The van der Waals surface area contributed by atoms with Gasteiger partial charge in [-0.05, 0) is 42.6 Å². The molecule has 0 amide bonds. The molecule has 0 aliphatic carbocycles. The number of benzene rings is 1. The van der Waals surface area contributed by atoms with Gasteiger partial charge >= 0.3 is 0 Å². The first kappa shape index (κ1) is 12.9. The number of carbonyl (C=O) groups is 1. The van der Waals surface area contributed by atoms with E-state index in [0.29, 0.717) is 0 Å². The molecule has 0 unspecified atom stereocenters.